The van der Waals surface area contributed by atoms with Crippen LogP contribution in [-0.4, -0.2) is 0 Å². The van der Waals surface area contributed by atoms with Crippen LogP contribution >= 0.6 is 0 Å². The van der Waals surface area contributed by atoms with Crippen LogP contribution in [0, 0.1) is 12.7 Å². The number of hydrogen-bond donors (Lipinski definition) is 1. The Morgan fingerprint density at radius 2 is 1.50 bits per heavy atom. The third-order valence-corrected chi connectivity index (χ3v) is 4.38. The predicted octanol–water partition coefficient (Wildman–Crippen LogP) is 6.00. The van der Waals surface area contributed by atoms with Crippen molar-refractivity contribution < 1.29 is 4.39 Å². The van der Waals surface area contributed by atoms with E-state index in [0.29, 0.717) is 5.56 Å². The summed E-state index contributed by atoms with van der Waals surface area (Å²) in [6.45, 7) is 4.10. The maximum absolute atomic E-state index is 14.6. The Kier molecular flexibility index (Phi) is 4.66. The van der Waals surface area contributed by atoms with Crippen LogP contribution in [0.15, 0.2) is 60.7 Å². The zero-order valence-electron chi connectivity index (χ0n) is 14.1. The molecule has 0 atom stereocenters. The molecule has 3 rings (SSSR count). The zero-order chi connectivity index (χ0) is 17.1. The van der Waals surface area contributed by atoms with E-state index in [-0.39, 0.29) is 5.82 Å². The fourth-order valence-corrected chi connectivity index (χ4v) is 2.92. The molecule has 0 fully saturated rings. The molecule has 3 aromatic carbocycles. The largest absolute Gasteiger partial charge is 0.399 e. The van der Waals surface area contributed by atoms with Crippen LogP contribution in [0.25, 0.3) is 22.3 Å². The van der Waals surface area contributed by atoms with Crippen LogP contribution < -0.4 is 5.73 Å². The molecule has 0 aliphatic rings. The topological polar surface area (TPSA) is 26.0 Å². The van der Waals surface area contributed by atoms with Gasteiger partial charge in [0.1, 0.15) is 5.82 Å². The molecule has 2 N–H and O–H groups in total. The van der Waals surface area contributed by atoms with E-state index in [2.05, 4.69) is 31.2 Å². The van der Waals surface area contributed by atoms with Crippen LogP contribution in [-0.2, 0) is 6.42 Å². The van der Waals surface area contributed by atoms with E-state index < -0.39 is 0 Å². The highest BCUT2D eigenvalue weighted by atomic mass is 19.1. The summed E-state index contributed by atoms with van der Waals surface area (Å²) >= 11 is 0. The molecule has 122 valence electrons. The van der Waals surface area contributed by atoms with Crippen molar-refractivity contribution in [1.82, 2.24) is 0 Å². The Morgan fingerprint density at radius 1 is 0.833 bits per heavy atom. The van der Waals surface area contributed by atoms with E-state index in [1.165, 1.54) is 5.56 Å². The summed E-state index contributed by atoms with van der Waals surface area (Å²) in [5, 5.41) is 0. The molecule has 0 heterocycles. The highest BCUT2D eigenvalue weighted by Gasteiger charge is 2.08. The van der Waals surface area contributed by atoms with Gasteiger partial charge in [-0.05, 0) is 59.4 Å². The zero-order valence-corrected chi connectivity index (χ0v) is 14.1. The van der Waals surface area contributed by atoms with Gasteiger partial charge in [0, 0.05) is 11.3 Å². The average Bonchev–Trinajstić information content (AvgIpc) is 2.58. The summed E-state index contributed by atoms with van der Waals surface area (Å²) in [7, 11) is 0. The van der Waals surface area contributed by atoms with Gasteiger partial charge in [-0.2, -0.15) is 0 Å². The first-order chi connectivity index (χ1) is 11.6. The number of nitrogen functional groups attached to an aromatic ring is 1. The normalized spacial score (nSPS) is 10.8. The van der Waals surface area contributed by atoms with Gasteiger partial charge in [0.25, 0.3) is 0 Å². The maximum atomic E-state index is 14.6. The lowest BCUT2D eigenvalue weighted by Gasteiger charge is -2.09. The third-order valence-electron chi connectivity index (χ3n) is 4.38. The predicted molar refractivity (Wildman–Crippen MR) is 100 cm³/mol. The fourth-order valence-electron chi connectivity index (χ4n) is 2.92. The molecule has 24 heavy (non-hydrogen) atoms. The standard InChI is InChI=1S/C22H22FN/c1-3-4-16-5-7-17(8-6-16)18-9-11-20(21(23)14-18)19-10-12-22(24)15(2)13-19/h5-14H,3-4,24H2,1-2H3. The summed E-state index contributed by atoms with van der Waals surface area (Å²) in [5.74, 6) is -0.214. The van der Waals surface area contributed by atoms with Crippen molar-refractivity contribution in [3.63, 3.8) is 0 Å². The molecule has 0 bridgehead atoms. The Morgan fingerprint density at radius 3 is 2.12 bits per heavy atom. The summed E-state index contributed by atoms with van der Waals surface area (Å²) in [6.07, 6.45) is 2.20. The van der Waals surface area contributed by atoms with Crippen molar-refractivity contribution in [2.45, 2.75) is 26.7 Å². The van der Waals surface area contributed by atoms with E-state index in [9.17, 15) is 4.39 Å². The van der Waals surface area contributed by atoms with E-state index in [1.54, 1.807) is 6.07 Å². The summed E-state index contributed by atoms with van der Waals surface area (Å²) in [4.78, 5) is 0. The van der Waals surface area contributed by atoms with Gasteiger partial charge in [0.2, 0.25) is 0 Å². The van der Waals surface area contributed by atoms with E-state index in [4.69, 9.17) is 5.73 Å². The Hall–Kier alpha value is -2.61. The van der Waals surface area contributed by atoms with Crippen LogP contribution in [0.1, 0.15) is 24.5 Å². The Balaban J connectivity index is 1.93. The van der Waals surface area contributed by atoms with Gasteiger partial charge in [-0.1, -0.05) is 55.8 Å². The molecular formula is C22H22FN. The minimum Gasteiger partial charge on any atom is -0.399 e. The van der Waals surface area contributed by atoms with E-state index in [1.807, 2.05) is 37.3 Å². The average molecular weight is 319 g/mol. The van der Waals surface area contributed by atoms with Crippen LogP contribution in [0.2, 0.25) is 0 Å². The quantitative estimate of drug-likeness (QED) is 0.586. The maximum Gasteiger partial charge on any atom is 0.131 e. The number of rotatable bonds is 4. The van der Waals surface area contributed by atoms with Crippen molar-refractivity contribution >= 4 is 5.69 Å². The monoisotopic (exact) mass is 319 g/mol. The van der Waals surface area contributed by atoms with Crippen LogP contribution in [0.5, 0.6) is 0 Å². The number of anilines is 1. The molecule has 0 aliphatic heterocycles. The van der Waals surface area contributed by atoms with E-state index >= 15 is 0 Å². The molecule has 0 aromatic heterocycles. The van der Waals surface area contributed by atoms with Crippen molar-refractivity contribution in [3.8, 4) is 22.3 Å². The molecule has 0 saturated heterocycles. The molecule has 1 nitrogen and oxygen atoms in total. The molecule has 0 radical (unpaired) electrons. The van der Waals surface area contributed by atoms with Crippen molar-refractivity contribution in [2.75, 3.05) is 5.73 Å². The molecule has 0 spiro atoms. The van der Waals surface area contributed by atoms with Gasteiger partial charge in [-0.3, -0.25) is 0 Å². The van der Waals surface area contributed by atoms with Gasteiger partial charge in [0.15, 0.2) is 0 Å². The first-order valence-corrected chi connectivity index (χ1v) is 8.34. The number of nitrogens with two attached hydrogens (primary N) is 1. The Bertz CT molecular complexity index is 850. The smallest absolute Gasteiger partial charge is 0.131 e. The summed E-state index contributed by atoms with van der Waals surface area (Å²) < 4.78 is 14.6. The molecular weight excluding hydrogens is 297 g/mol. The van der Waals surface area contributed by atoms with Gasteiger partial charge in [0.05, 0.1) is 0 Å². The fraction of sp³-hybridized carbons (Fsp3) is 0.182. The number of hydrogen-bond acceptors (Lipinski definition) is 1. The minimum atomic E-state index is -0.214. The minimum absolute atomic E-state index is 0.214. The molecule has 0 saturated carbocycles. The highest BCUT2D eigenvalue weighted by Crippen LogP contribution is 2.29. The second-order valence-electron chi connectivity index (χ2n) is 6.21. The highest BCUT2D eigenvalue weighted by molar-refractivity contribution is 5.72. The lowest BCUT2D eigenvalue weighted by molar-refractivity contribution is 0.632. The van der Waals surface area contributed by atoms with Gasteiger partial charge < -0.3 is 5.73 Å². The second-order valence-corrected chi connectivity index (χ2v) is 6.21. The molecule has 0 unspecified atom stereocenters. The first kappa shape index (κ1) is 16.3. The van der Waals surface area contributed by atoms with Crippen LogP contribution in [0.4, 0.5) is 10.1 Å². The molecule has 0 amide bonds. The van der Waals surface area contributed by atoms with Crippen LogP contribution in [0.3, 0.4) is 0 Å². The Labute approximate surface area is 143 Å². The van der Waals surface area contributed by atoms with Gasteiger partial charge in [-0.15, -0.1) is 0 Å². The first-order valence-electron chi connectivity index (χ1n) is 8.34. The van der Waals surface area contributed by atoms with Crippen molar-refractivity contribution in [1.29, 1.82) is 0 Å². The number of aryl methyl sites for hydroxylation is 2. The van der Waals surface area contributed by atoms with Crippen molar-refractivity contribution in [2.24, 2.45) is 0 Å². The second kappa shape index (κ2) is 6.88. The SMILES string of the molecule is CCCc1ccc(-c2ccc(-c3ccc(N)c(C)c3)c(F)c2)cc1. The lowest BCUT2D eigenvalue weighted by Crippen LogP contribution is -1.91. The molecule has 3 aromatic rings. The molecule has 0 aliphatic carbocycles. The lowest BCUT2D eigenvalue weighted by atomic mass is 9.97. The third kappa shape index (κ3) is 3.33. The summed E-state index contributed by atoms with van der Waals surface area (Å²) in [5.41, 5.74) is 12.2. The molecule has 2 heteroatoms. The summed E-state index contributed by atoms with van der Waals surface area (Å²) in [6, 6.07) is 19.4. The van der Waals surface area contributed by atoms with Crippen molar-refractivity contribution in [3.05, 3.63) is 77.6 Å². The van der Waals surface area contributed by atoms with E-state index in [0.717, 1.165) is 40.8 Å². The van der Waals surface area contributed by atoms with Gasteiger partial charge in [-0.25, -0.2) is 4.39 Å². The number of benzene rings is 3. The van der Waals surface area contributed by atoms with Gasteiger partial charge >= 0.3 is 0 Å². The number of halogens is 1.